The molecule has 0 atom stereocenters. The quantitative estimate of drug-likeness (QED) is 0.832. The Morgan fingerprint density at radius 1 is 1.19 bits per heavy atom. The second-order valence-electron chi connectivity index (χ2n) is 4.25. The topological polar surface area (TPSA) is 81.4 Å². The van der Waals surface area contributed by atoms with Crippen molar-refractivity contribution in [1.82, 2.24) is 0 Å². The van der Waals surface area contributed by atoms with E-state index in [1.165, 1.54) is 24.3 Å². The van der Waals surface area contributed by atoms with Crippen LogP contribution in [0.5, 0.6) is 5.75 Å². The molecule has 0 saturated carbocycles. The van der Waals surface area contributed by atoms with E-state index in [9.17, 15) is 12.8 Å². The maximum atomic E-state index is 13.1. The molecule has 0 aromatic heterocycles. The predicted molar refractivity (Wildman–Crippen MR) is 79.2 cm³/mol. The van der Waals surface area contributed by atoms with E-state index in [1.807, 2.05) is 6.92 Å². The van der Waals surface area contributed by atoms with E-state index in [4.69, 9.17) is 10.5 Å². The van der Waals surface area contributed by atoms with Gasteiger partial charge < -0.3 is 10.5 Å². The molecule has 0 aliphatic heterocycles. The van der Waals surface area contributed by atoms with Crippen molar-refractivity contribution in [3.05, 3.63) is 48.3 Å². The first kappa shape index (κ1) is 15.1. The van der Waals surface area contributed by atoms with Gasteiger partial charge in [-0.25, -0.2) is 12.8 Å². The predicted octanol–water partition coefficient (Wildman–Crippen LogP) is 2.61. The number of nitrogens with one attached hydrogen (secondary N) is 1. The number of ether oxygens (including phenoxy) is 1. The first-order valence-electron chi connectivity index (χ1n) is 6.23. The third kappa shape index (κ3) is 3.63. The highest BCUT2D eigenvalue weighted by Gasteiger charge is 2.14. The van der Waals surface area contributed by atoms with Crippen molar-refractivity contribution in [2.45, 2.75) is 11.8 Å². The zero-order chi connectivity index (χ0) is 15.5. The Hall–Kier alpha value is -2.28. The molecule has 0 radical (unpaired) electrons. The Kier molecular flexibility index (Phi) is 4.32. The third-order valence-electron chi connectivity index (χ3n) is 2.69. The van der Waals surface area contributed by atoms with Gasteiger partial charge in [0.15, 0.2) is 0 Å². The Morgan fingerprint density at radius 2 is 1.86 bits per heavy atom. The number of sulfonamides is 1. The molecule has 5 nitrogen and oxygen atoms in total. The largest absolute Gasteiger partial charge is 0.494 e. The molecule has 21 heavy (non-hydrogen) atoms. The van der Waals surface area contributed by atoms with Gasteiger partial charge in [0.05, 0.1) is 22.9 Å². The number of anilines is 2. The van der Waals surface area contributed by atoms with Crippen LogP contribution in [0.1, 0.15) is 6.92 Å². The van der Waals surface area contributed by atoms with Crippen molar-refractivity contribution < 1.29 is 17.5 Å². The van der Waals surface area contributed by atoms with Crippen molar-refractivity contribution in [2.75, 3.05) is 17.1 Å². The van der Waals surface area contributed by atoms with Crippen molar-refractivity contribution in [2.24, 2.45) is 0 Å². The monoisotopic (exact) mass is 310 g/mol. The summed E-state index contributed by atoms with van der Waals surface area (Å²) in [5.41, 5.74) is 5.48. The Bertz CT molecular complexity index is 730. The van der Waals surface area contributed by atoms with Crippen LogP contribution < -0.4 is 15.2 Å². The second kappa shape index (κ2) is 6.01. The van der Waals surface area contributed by atoms with E-state index < -0.39 is 15.8 Å². The number of hydrogen-bond acceptors (Lipinski definition) is 4. The second-order valence-corrected chi connectivity index (χ2v) is 5.93. The molecule has 0 amide bonds. The van der Waals surface area contributed by atoms with E-state index >= 15 is 0 Å². The van der Waals surface area contributed by atoms with Crippen LogP contribution in [-0.2, 0) is 10.0 Å². The normalized spacial score (nSPS) is 11.1. The number of rotatable bonds is 5. The maximum absolute atomic E-state index is 13.1. The molecule has 3 N–H and O–H groups in total. The van der Waals surface area contributed by atoms with Gasteiger partial charge in [0.25, 0.3) is 10.0 Å². The summed E-state index contributed by atoms with van der Waals surface area (Å²) in [5, 5.41) is 0. The SMILES string of the molecule is CCOc1ccc(S(=O)(=O)Nc2ccc(F)c(N)c2)cc1. The summed E-state index contributed by atoms with van der Waals surface area (Å²) in [6.45, 7) is 2.34. The van der Waals surface area contributed by atoms with Crippen molar-refractivity contribution in [3.63, 3.8) is 0 Å². The maximum Gasteiger partial charge on any atom is 0.261 e. The molecule has 0 aliphatic rings. The van der Waals surface area contributed by atoms with Crippen LogP contribution in [0.4, 0.5) is 15.8 Å². The smallest absolute Gasteiger partial charge is 0.261 e. The fraction of sp³-hybridized carbons (Fsp3) is 0.143. The highest BCUT2D eigenvalue weighted by Crippen LogP contribution is 2.21. The van der Waals surface area contributed by atoms with Crippen LogP contribution in [0.25, 0.3) is 0 Å². The molecule has 0 unspecified atom stereocenters. The van der Waals surface area contributed by atoms with E-state index in [0.29, 0.717) is 12.4 Å². The molecular weight excluding hydrogens is 295 g/mol. The number of hydrogen-bond donors (Lipinski definition) is 2. The minimum atomic E-state index is -3.76. The van der Waals surface area contributed by atoms with E-state index in [0.717, 1.165) is 6.07 Å². The Labute approximate surface area is 122 Å². The molecule has 2 aromatic rings. The minimum Gasteiger partial charge on any atom is -0.494 e. The van der Waals surface area contributed by atoms with Gasteiger partial charge in [-0.15, -0.1) is 0 Å². The van der Waals surface area contributed by atoms with Gasteiger partial charge in [-0.3, -0.25) is 4.72 Å². The summed E-state index contributed by atoms with van der Waals surface area (Å²) >= 11 is 0. The highest BCUT2D eigenvalue weighted by atomic mass is 32.2. The zero-order valence-corrected chi connectivity index (χ0v) is 12.2. The number of halogens is 1. The molecule has 0 aliphatic carbocycles. The zero-order valence-electron chi connectivity index (χ0n) is 11.3. The van der Waals surface area contributed by atoms with Crippen LogP contribution in [0, 0.1) is 5.82 Å². The molecule has 0 heterocycles. The summed E-state index contributed by atoms with van der Waals surface area (Å²) in [5.74, 6) is -0.0125. The van der Waals surface area contributed by atoms with Crippen molar-refractivity contribution in [1.29, 1.82) is 0 Å². The third-order valence-corrected chi connectivity index (χ3v) is 4.09. The summed E-state index contributed by atoms with van der Waals surface area (Å²) < 4.78 is 45.0. The molecule has 7 heteroatoms. The molecule has 0 bridgehead atoms. The fourth-order valence-electron chi connectivity index (χ4n) is 1.70. The van der Waals surface area contributed by atoms with Crippen molar-refractivity contribution in [3.8, 4) is 5.75 Å². The van der Waals surface area contributed by atoms with Gasteiger partial charge in [-0.2, -0.15) is 0 Å². The summed E-state index contributed by atoms with van der Waals surface area (Å²) in [4.78, 5) is 0.0776. The first-order chi connectivity index (χ1) is 9.92. The van der Waals surface area contributed by atoms with Gasteiger partial charge >= 0.3 is 0 Å². The highest BCUT2D eigenvalue weighted by molar-refractivity contribution is 7.92. The first-order valence-corrected chi connectivity index (χ1v) is 7.71. The lowest BCUT2D eigenvalue weighted by Gasteiger charge is -2.10. The lowest BCUT2D eigenvalue weighted by molar-refractivity contribution is 0.340. The number of nitrogens with two attached hydrogens (primary N) is 1. The minimum absolute atomic E-state index is 0.0776. The molecule has 2 aromatic carbocycles. The average molecular weight is 310 g/mol. The van der Waals surface area contributed by atoms with Gasteiger partial charge in [-0.1, -0.05) is 0 Å². The molecule has 112 valence electrons. The lowest BCUT2D eigenvalue weighted by atomic mass is 10.3. The summed E-state index contributed by atoms with van der Waals surface area (Å²) in [7, 11) is -3.76. The Morgan fingerprint density at radius 3 is 2.43 bits per heavy atom. The van der Waals surface area contributed by atoms with E-state index in [1.54, 1.807) is 12.1 Å². The summed E-state index contributed by atoms with van der Waals surface area (Å²) in [6.07, 6.45) is 0. The summed E-state index contributed by atoms with van der Waals surface area (Å²) in [6, 6.07) is 9.62. The van der Waals surface area contributed by atoms with E-state index in [2.05, 4.69) is 4.72 Å². The van der Waals surface area contributed by atoms with Crippen molar-refractivity contribution >= 4 is 21.4 Å². The number of nitrogen functional groups attached to an aromatic ring is 1. The molecule has 2 rings (SSSR count). The molecule has 0 spiro atoms. The Balaban J connectivity index is 2.23. The number of benzene rings is 2. The van der Waals surface area contributed by atoms with Crippen LogP contribution >= 0.6 is 0 Å². The van der Waals surface area contributed by atoms with E-state index in [-0.39, 0.29) is 16.3 Å². The van der Waals surface area contributed by atoms with Crippen LogP contribution in [0.15, 0.2) is 47.4 Å². The molecular formula is C14H15FN2O3S. The van der Waals surface area contributed by atoms with Crippen LogP contribution in [-0.4, -0.2) is 15.0 Å². The van der Waals surface area contributed by atoms with Gasteiger partial charge in [0.1, 0.15) is 11.6 Å². The van der Waals surface area contributed by atoms with Gasteiger partial charge in [0, 0.05) is 0 Å². The lowest BCUT2D eigenvalue weighted by Crippen LogP contribution is -2.13. The standard InChI is InChI=1S/C14H15FN2O3S/c1-2-20-11-4-6-12(7-5-11)21(18,19)17-10-3-8-13(15)14(16)9-10/h3-9,17H,2,16H2,1H3. The molecule has 0 fully saturated rings. The fourth-order valence-corrected chi connectivity index (χ4v) is 2.75. The molecule has 0 saturated heterocycles. The van der Waals surface area contributed by atoms with Gasteiger partial charge in [-0.05, 0) is 49.4 Å². The average Bonchev–Trinajstić information content (AvgIpc) is 2.44. The van der Waals surface area contributed by atoms with Crippen LogP contribution in [0.2, 0.25) is 0 Å². The van der Waals surface area contributed by atoms with Crippen LogP contribution in [0.3, 0.4) is 0 Å². The van der Waals surface area contributed by atoms with Gasteiger partial charge in [0.2, 0.25) is 0 Å².